The summed E-state index contributed by atoms with van der Waals surface area (Å²) in [5, 5.41) is 5.55. The van der Waals surface area contributed by atoms with Gasteiger partial charge in [-0.25, -0.2) is 4.79 Å². The van der Waals surface area contributed by atoms with Crippen LogP contribution in [0.25, 0.3) is 0 Å². The molecule has 0 aliphatic carbocycles. The summed E-state index contributed by atoms with van der Waals surface area (Å²) in [5.74, 6) is 0.620. The Balaban J connectivity index is 2.05. The van der Waals surface area contributed by atoms with Gasteiger partial charge in [-0.2, -0.15) is 0 Å². The normalized spacial score (nSPS) is 10.0. The highest BCUT2D eigenvalue weighted by Gasteiger charge is 2.08. The van der Waals surface area contributed by atoms with Gasteiger partial charge in [-0.15, -0.1) is 0 Å². The molecule has 0 spiro atoms. The maximum atomic E-state index is 12.0. The Morgan fingerprint density at radius 3 is 2.48 bits per heavy atom. The number of benzene rings is 2. The molecule has 21 heavy (non-hydrogen) atoms. The number of nitrogens with one attached hydrogen (secondary N) is 2. The van der Waals surface area contributed by atoms with Gasteiger partial charge < -0.3 is 21.1 Å². The highest BCUT2D eigenvalue weighted by molar-refractivity contribution is 6.00. The Kier molecular flexibility index (Phi) is 4.79. The molecule has 2 aromatic rings. The third kappa shape index (κ3) is 3.97. The first kappa shape index (κ1) is 14.9. The van der Waals surface area contributed by atoms with Crippen molar-refractivity contribution in [2.75, 3.05) is 17.7 Å². The Bertz CT molecular complexity index is 624. The van der Waals surface area contributed by atoms with Gasteiger partial charge in [0.15, 0.2) is 0 Å². The van der Waals surface area contributed by atoms with Gasteiger partial charge in [0.1, 0.15) is 5.75 Å². The SMILES string of the molecule is COc1ccc(C)cc1NC(=O)Nc1ccc(CN)cc1. The Hall–Kier alpha value is -2.53. The predicted molar refractivity (Wildman–Crippen MR) is 84.7 cm³/mol. The average Bonchev–Trinajstić information content (AvgIpc) is 2.48. The fourth-order valence-corrected chi connectivity index (χ4v) is 1.93. The molecule has 0 aliphatic heterocycles. The minimum Gasteiger partial charge on any atom is -0.495 e. The van der Waals surface area contributed by atoms with Crippen LogP contribution >= 0.6 is 0 Å². The lowest BCUT2D eigenvalue weighted by atomic mass is 10.2. The van der Waals surface area contributed by atoms with Crippen molar-refractivity contribution < 1.29 is 9.53 Å². The molecule has 2 amide bonds. The van der Waals surface area contributed by atoms with Crippen molar-refractivity contribution >= 4 is 17.4 Å². The molecular formula is C16H19N3O2. The molecule has 0 saturated carbocycles. The molecule has 0 unspecified atom stereocenters. The first-order chi connectivity index (χ1) is 10.1. The van der Waals surface area contributed by atoms with E-state index in [1.54, 1.807) is 7.11 Å². The molecule has 0 saturated heterocycles. The number of carbonyl (C=O) groups is 1. The Morgan fingerprint density at radius 2 is 1.86 bits per heavy atom. The molecular weight excluding hydrogens is 266 g/mol. The Morgan fingerprint density at radius 1 is 1.14 bits per heavy atom. The summed E-state index contributed by atoms with van der Waals surface area (Å²) in [5.41, 5.74) is 8.93. The molecule has 0 radical (unpaired) electrons. The highest BCUT2D eigenvalue weighted by atomic mass is 16.5. The fraction of sp³-hybridized carbons (Fsp3) is 0.188. The van der Waals surface area contributed by atoms with Crippen molar-refractivity contribution in [3.05, 3.63) is 53.6 Å². The lowest BCUT2D eigenvalue weighted by Gasteiger charge is -2.12. The zero-order valence-corrected chi connectivity index (χ0v) is 12.1. The van der Waals surface area contributed by atoms with E-state index < -0.39 is 0 Å². The standard InChI is InChI=1S/C16H19N3O2/c1-11-3-8-15(21-2)14(9-11)19-16(20)18-13-6-4-12(10-17)5-7-13/h3-9H,10,17H2,1-2H3,(H2,18,19,20). The maximum absolute atomic E-state index is 12.0. The quantitative estimate of drug-likeness (QED) is 0.808. The van der Waals surface area contributed by atoms with Gasteiger partial charge in [-0.05, 0) is 42.3 Å². The van der Waals surface area contributed by atoms with Crippen LogP contribution in [0.15, 0.2) is 42.5 Å². The summed E-state index contributed by atoms with van der Waals surface area (Å²) in [6, 6.07) is 12.7. The smallest absolute Gasteiger partial charge is 0.323 e. The van der Waals surface area contributed by atoms with Crippen LogP contribution in [0, 0.1) is 6.92 Å². The molecule has 110 valence electrons. The van der Waals surface area contributed by atoms with Crippen LogP contribution in [0.5, 0.6) is 5.75 Å². The maximum Gasteiger partial charge on any atom is 0.323 e. The second kappa shape index (κ2) is 6.76. The van der Waals surface area contributed by atoms with E-state index in [1.807, 2.05) is 49.4 Å². The largest absolute Gasteiger partial charge is 0.495 e. The van der Waals surface area contributed by atoms with Gasteiger partial charge in [-0.3, -0.25) is 0 Å². The molecule has 0 heterocycles. The highest BCUT2D eigenvalue weighted by Crippen LogP contribution is 2.25. The molecule has 5 nitrogen and oxygen atoms in total. The molecule has 4 N–H and O–H groups in total. The summed E-state index contributed by atoms with van der Waals surface area (Å²) in [6.45, 7) is 2.43. The van der Waals surface area contributed by atoms with Crippen LogP contribution in [-0.2, 0) is 6.54 Å². The number of methoxy groups -OCH3 is 1. The minimum absolute atomic E-state index is 0.320. The Labute approximate surface area is 124 Å². The molecule has 2 aromatic carbocycles. The number of carbonyl (C=O) groups excluding carboxylic acids is 1. The zero-order valence-electron chi connectivity index (χ0n) is 12.1. The number of ether oxygens (including phenoxy) is 1. The third-order valence-electron chi connectivity index (χ3n) is 3.05. The molecule has 0 aliphatic rings. The average molecular weight is 285 g/mol. The number of amides is 2. The predicted octanol–water partition coefficient (Wildman–Crippen LogP) is 3.11. The van der Waals surface area contributed by atoms with E-state index in [2.05, 4.69) is 10.6 Å². The van der Waals surface area contributed by atoms with Crippen LogP contribution in [-0.4, -0.2) is 13.1 Å². The summed E-state index contributed by atoms with van der Waals surface area (Å²) in [4.78, 5) is 12.0. The number of rotatable bonds is 4. The first-order valence-corrected chi connectivity index (χ1v) is 6.64. The van der Waals surface area contributed by atoms with Crippen molar-refractivity contribution in [2.24, 2.45) is 5.73 Å². The zero-order chi connectivity index (χ0) is 15.2. The summed E-state index contributed by atoms with van der Waals surface area (Å²) >= 11 is 0. The van der Waals surface area contributed by atoms with Crippen LogP contribution in [0.1, 0.15) is 11.1 Å². The molecule has 0 atom stereocenters. The lowest BCUT2D eigenvalue weighted by Crippen LogP contribution is -2.19. The fourth-order valence-electron chi connectivity index (χ4n) is 1.93. The van der Waals surface area contributed by atoms with Gasteiger partial charge in [0.25, 0.3) is 0 Å². The van der Waals surface area contributed by atoms with Crippen molar-refractivity contribution in [3.63, 3.8) is 0 Å². The first-order valence-electron chi connectivity index (χ1n) is 6.64. The van der Waals surface area contributed by atoms with Gasteiger partial charge in [0, 0.05) is 12.2 Å². The number of anilines is 2. The summed E-state index contributed by atoms with van der Waals surface area (Å²) in [7, 11) is 1.57. The van der Waals surface area contributed by atoms with Crippen LogP contribution in [0.3, 0.4) is 0 Å². The number of aryl methyl sites for hydroxylation is 1. The van der Waals surface area contributed by atoms with Crippen molar-refractivity contribution in [1.29, 1.82) is 0 Å². The topological polar surface area (TPSA) is 76.4 Å². The van der Waals surface area contributed by atoms with Crippen LogP contribution in [0.2, 0.25) is 0 Å². The lowest BCUT2D eigenvalue weighted by molar-refractivity contribution is 0.262. The van der Waals surface area contributed by atoms with Gasteiger partial charge in [0.2, 0.25) is 0 Å². The number of hydrogen-bond donors (Lipinski definition) is 3. The monoisotopic (exact) mass is 285 g/mol. The molecule has 5 heteroatoms. The van der Waals surface area contributed by atoms with E-state index in [1.165, 1.54) is 0 Å². The molecule has 2 rings (SSSR count). The van der Waals surface area contributed by atoms with E-state index in [9.17, 15) is 4.79 Å². The van der Waals surface area contributed by atoms with Crippen LogP contribution < -0.4 is 21.1 Å². The van der Waals surface area contributed by atoms with E-state index in [0.29, 0.717) is 23.7 Å². The van der Waals surface area contributed by atoms with E-state index in [4.69, 9.17) is 10.5 Å². The minimum atomic E-state index is -0.320. The second-order valence-electron chi connectivity index (χ2n) is 4.68. The molecule has 0 fully saturated rings. The number of hydrogen-bond acceptors (Lipinski definition) is 3. The van der Waals surface area contributed by atoms with E-state index in [-0.39, 0.29) is 6.03 Å². The van der Waals surface area contributed by atoms with Gasteiger partial charge in [-0.1, -0.05) is 18.2 Å². The second-order valence-corrected chi connectivity index (χ2v) is 4.68. The van der Waals surface area contributed by atoms with Gasteiger partial charge >= 0.3 is 6.03 Å². The van der Waals surface area contributed by atoms with Gasteiger partial charge in [0.05, 0.1) is 12.8 Å². The molecule has 0 aromatic heterocycles. The van der Waals surface area contributed by atoms with Crippen molar-refractivity contribution in [3.8, 4) is 5.75 Å². The van der Waals surface area contributed by atoms with Crippen molar-refractivity contribution in [2.45, 2.75) is 13.5 Å². The summed E-state index contributed by atoms with van der Waals surface area (Å²) in [6.07, 6.45) is 0. The van der Waals surface area contributed by atoms with Crippen LogP contribution in [0.4, 0.5) is 16.2 Å². The number of urea groups is 1. The van der Waals surface area contributed by atoms with E-state index >= 15 is 0 Å². The summed E-state index contributed by atoms with van der Waals surface area (Å²) < 4.78 is 5.23. The number of nitrogens with two attached hydrogens (primary N) is 1. The van der Waals surface area contributed by atoms with Crippen molar-refractivity contribution in [1.82, 2.24) is 0 Å². The third-order valence-corrected chi connectivity index (χ3v) is 3.05. The molecule has 0 bridgehead atoms. The van der Waals surface area contributed by atoms with E-state index in [0.717, 1.165) is 11.1 Å².